The van der Waals surface area contributed by atoms with Gasteiger partial charge in [-0.2, -0.15) is 4.89 Å². The molecule has 8 bridgehead atoms. The average molecular weight is 819 g/mol. The van der Waals surface area contributed by atoms with Gasteiger partial charge in [0.1, 0.15) is 73.1 Å². The van der Waals surface area contributed by atoms with Crippen LogP contribution >= 0.6 is 8.25 Å². The molecule has 1 unspecified atom stereocenters. The number of aliphatic hydroxyl groups excluding tert-OH is 7. The van der Waals surface area contributed by atoms with Gasteiger partial charge in [-0.15, -0.1) is 0 Å². The maximum Gasteiger partial charge on any atom is 0.731 e. The van der Waals surface area contributed by atoms with E-state index in [0.29, 0.717) is 0 Å². The number of aliphatic hydroxyl groups is 7. The van der Waals surface area contributed by atoms with Crippen LogP contribution in [0, 0.1) is 0 Å². The zero-order valence-corrected chi connectivity index (χ0v) is 31.1. The molecule has 10 N–H and O–H groups in total. The summed E-state index contributed by atoms with van der Waals surface area (Å²) in [6, 6.07) is -4.22. The summed E-state index contributed by atoms with van der Waals surface area (Å²) in [6.45, 7) is 4.52. The van der Waals surface area contributed by atoms with Crippen LogP contribution in [-0.4, -0.2) is 189 Å². The van der Waals surface area contributed by atoms with E-state index in [2.05, 4.69) is 16.0 Å². The number of carbonyl (C=O) groups is 3. The molecule has 55 heavy (non-hydrogen) atoms. The summed E-state index contributed by atoms with van der Waals surface area (Å²) in [4.78, 5) is 42.5. The van der Waals surface area contributed by atoms with Crippen LogP contribution in [0.4, 0.5) is 0 Å². The van der Waals surface area contributed by atoms with Crippen molar-refractivity contribution in [2.75, 3.05) is 13.2 Å². The van der Waals surface area contributed by atoms with Gasteiger partial charge in [0.2, 0.25) is 24.0 Å². The molecule has 3 amide bonds. The Morgan fingerprint density at radius 2 is 0.982 bits per heavy atom. The van der Waals surface area contributed by atoms with Gasteiger partial charge in [0.15, 0.2) is 25.0 Å². The first-order chi connectivity index (χ1) is 25.9. The second-order valence-corrected chi connectivity index (χ2v) is 14.6. The van der Waals surface area contributed by atoms with Gasteiger partial charge in [-0.1, -0.05) is 4.52 Å². The first-order valence-electron chi connectivity index (χ1n) is 17.4. The molecule has 6 saturated heterocycles. The number of hydrogen-bond donors (Lipinski definition) is 10. The second-order valence-electron chi connectivity index (χ2n) is 13.8. The van der Waals surface area contributed by atoms with E-state index in [4.69, 9.17) is 47.2 Å². The van der Waals surface area contributed by atoms with Crippen molar-refractivity contribution < 1.29 is 102 Å². The molecule has 6 rings (SSSR count). The topological polar surface area (TPSA) is 338 Å². The van der Waals surface area contributed by atoms with Crippen molar-refractivity contribution in [3.8, 4) is 0 Å². The molecule has 0 spiro atoms. The molecule has 6 aliphatic heterocycles. The van der Waals surface area contributed by atoms with Crippen LogP contribution in [0.2, 0.25) is 0 Å². The number of hydrogen-bond acceptors (Lipinski definition) is 21. The fourth-order valence-electron chi connectivity index (χ4n) is 7.07. The van der Waals surface area contributed by atoms with Crippen molar-refractivity contribution in [2.45, 2.75) is 157 Å². The first kappa shape index (κ1) is 43.9. The van der Waals surface area contributed by atoms with E-state index in [1.54, 1.807) is 0 Å². The quantitative estimate of drug-likeness (QED) is 0.0913. The molecule has 24 nitrogen and oxygen atoms in total. The van der Waals surface area contributed by atoms with Gasteiger partial charge in [0.25, 0.3) is 0 Å². The lowest BCUT2D eigenvalue weighted by Crippen LogP contribution is -2.71. The van der Waals surface area contributed by atoms with Crippen LogP contribution in [0.3, 0.4) is 0 Å². The Bertz CT molecular complexity index is 1370. The van der Waals surface area contributed by atoms with Gasteiger partial charge < -0.3 is 84.9 Å². The van der Waals surface area contributed by atoms with E-state index >= 15 is 0 Å². The summed E-state index contributed by atoms with van der Waals surface area (Å²) < 4.78 is 64.4. The van der Waals surface area contributed by atoms with E-state index in [-0.39, 0.29) is 0 Å². The Morgan fingerprint density at radius 1 is 0.527 bits per heavy atom. The average Bonchev–Trinajstić information content (AvgIpc) is 3.10. The lowest BCUT2D eigenvalue weighted by Gasteiger charge is -2.51. The fourth-order valence-corrected chi connectivity index (χ4v) is 7.62. The number of carbonyl (C=O) groups excluding carboxylic acids is 3. The molecule has 0 radical (unpaired) electrons. The molecule has 0 saturated carbocycles. The van der Waals surface area contributed by atoms with E-state index in [9.17, 15) is 54.7 Å². The Morgan fingerprint density at radius 3 is 1.56 bits per heavy atom. The minimum Gasteiger partial charge on any atom is -0.394 e. The summed E-state index contributed by atoms with van der Waals surface area (Å²) >= 11 is 0. The number of nitrogens with one attached hydrogen (secondary N) is 3. The van der Waals surface area contributed by atoms with Crippen LogP contribution in [0.1, 0.15) is 34.6 Å². The molecule has 0 aromatic carbocycles. The zero-order valence-electron chi connectivity index (χ0n) is 30.3. The molecule has 6 fully saturated rings. The van der Waals surface area contributed by atoms with Crippen molar-refractivity contribution in [1.29, 1.82) is 0 Å². The SMILES string of the molecule is CC(=O)N[C@@H]1[C@@H]2O[C@H]3[C@H](O)[C@@H](CO)O[C@H](O[C@@H]4[C@@H](O)[C@H](O[C@H]5[C@@H](O)[C@@H](CO)O[C@H](O[P+](=O)OO[C@H]([C@H]1O)[C@H](C)O2)[C@@H]5O)O[C@H](C)[C@H]4NC(C)=O)[C@@H]3NC(C)=O. The monoisotopic (exact) mass is 818 g/mol. The summed E-state index contributed by atoms with van der Waals surface area (Å²) in [5, 5.41) is 84.6. The number of amides is 3. The third-order valence-corrected chi connectivity index (χ3v) is 10.3. The van der Waals surface area contributed by atoms with Gasteiger partial charge in [-0.05, 0) is 13.8 Å². The number of ether oxygens (including phenoxy) is 7. The van der Waals surface area contributed by atoms with Crippen molar-refractivity contribution in [3.05, 3.63) is 0 Å². The van der Waals surface area contributed by atoms with Gasteiger partial charge in [-0.3, -0.25) is 14.4 Å². The Balaban J connectivity index is 1.61. The zero-order chi connectivity index (χ0) is 40.5. The van der Waals surface area contributed by atoms with E-state index in [1.807, 2.05) is 0 Å². The van der Waals surface area contributed by atoms with Crippen molar-refractivity contribution in [3.63, 3.8) is 0 Å². The largest absolute Gasteiger partial charge is 0.731 e. The lowest BCUT2D eigenvalue weighted by molar-refractivity contribution is -0.375. The fraction of sp³-hybridized carbons (Fsp3) is 0.900. The van der Waals surface area contributed by atoms with Gasteiger partial charge in [0, 0.05) is 25.3 Å². The lowest BCUT2D eigenvalue weighted by atomic mass is 9.93. The van der Waals surface area contributed by atoms with Crippen LogP contribution in [0.25, 0.3) is 0 Å². The summed E-state index contributed by atoms with van der Waals surface area (Å²) in [5.41, 5.74) is 0. The Hall–Kier alpha value is -2.17. The van der Waals surface area contributed by atoms with E-state index in [0.717, 1.165) is 13.8 Å². The molecule has 6 aliphatic rings. The highest BCUT2D eigenvalue weighted by atomic mass is 31.1. The molecule has 0 aliphatic carbocycles. The molecule has 0 aromatic rings. The van der Waals surface area contributed by atoms with Crippen LogP contribution < -0.4 is 16.0 Å². The molecule has 21 atom stereocenters. The van der Waals surface area contributed by atoms with Crippen LogP contribution in [-0.2, 0) is 66.2 Å². The molecule has 0 aromatic heterocycles. The Labute approximate surface area is 314 Å². The van der Waals surface area contributed by atoms with Crippen LogP contribution in [0.5, 0.6) is 0 Å². The Kier molecular flexibility index (Phi) is 14.9. The minimum atomic E-state index is -3.40. The summed E-state index contributed by atoms with van der Waals surface area (Å²) in [5.74, 6) is -1.99. The van der Waals surface area contributed by atoms with Crippen molar-refractivity contribution >= 4 is 26.0 Å². The second kappa shape index (κ2) is 18.6. The molecular formula is C30H49N3O21P+. The van der Waals surface area contributed by atoms with E-state index in [1.165, 1.54) is 20.8 Å². The van der Waals surface area contributed by atoms with Gasteiger partial charge in [0.05, 0.1) is 36.1 Å². The summed E-state index contributed by atoms with van der Waals surface area (Å²) in [7, 11) is -3.40. The van der Waals surface area contributed by atoms with Gasteiger partial charge >= 0.3 is 8.25 Å². The normalized spacial score (nSPS) is 47.6. The molecule has 6 heterocycles. The minimum absolute atomic E-state index is 0.597. The van der Waals surface area contributed by atoms with Crippen molar-refractivity contribution in [1.82, 2.24) is 16.0 Å². The predicted octanol–water partition coefficient (Wildman–Crippen LogP) is -5.61. The molecule has 25 heteroatoms. The van der Waals surface area contributed by atoms with Gasteiger partial charge in [-0.25, -0.2) is 0 Å². The first-order valence-corrected chi connectivity index (χ1v) is 18.5. The number of rotatable bonds is 5. The maximum absolute atomic E-state index is 13.0. The molecule has 314 valence electrons. The standard InChI is InChI=1S/C30H48N3O21P/c1-8-15(31-10(3)36)24-21(42)29(45-8)51-26-19(40)14(7-35)48-30(22(26)43)53-55(44)54-52-23-9(2)46-27(16(20(23)41)32-11(4)37)50-25-17(33-12(5)38)28(49-24)47-13(6-34)18(25)39/h8-9,13-30,34-35,39-43H,6-7H2,1-5H3,(H2-,31,32,33,36,37,38)/p+1/t8-,9+,13-,14-,15-,16+,17-,18-,19+,20+,21-,22-,23+,24+,25-,26+,27+,28-,29+,30-/m1/s1. The smallest absolute Gasteiger partial charge is 0.394 e. The highest BCUT2D eigenvalue weighted by Crippen LogP contribution is 2.38. The third kappa shape index (κ3) is 9.76. The number of fused-ring (bicyclic) bond motifs is 5. The third-order valence-electron chi connectivity index (χ3n) is 9.70. The highest BCUT2D eigenvalue weighted by molar-refractivity contribution is 7.33. The van der Waals surface area contributed by atoms with E-state index < -0.39 is 162 Å². The predicted molar refractivity (Wildman–Crippen MR) is 172 cm³/mol. The van der Waals surface area contributed by atoms with Crippen molar-refractivity contribution in [2.24, 2.45) is 0 Å². The molecular weight excluding hydrogens is 769 g/mol. The van der Waals surface area contributed by atoms with Crippen LogP contribution in [0.15, 0.2) is 0 Å². The highest BCUT2D eigenvalue weighted by Gasteiger charge is 2.57. The summed E-state index contributed by atoms with van der Waals surface area (Å²) in [6.07, 6.45) is -28.2. The maximum atomic E-state index is 13.0.